The number of aromatic nitrogens is 2. The summed E-state index contributed by atoms with van der Waals surface area (Å²) in [6.07, 6.45) is 0. The summed E-state index contributed by atoms with van der Waals surface area (Å²) < 4.78 is 19.4. The third kappa shape index (κ3) is 3.67. The molecule has 3 aromatic rings. The van der Waals surface area contributed by atoms with Gasteiger partial charge in [-0.1, -0.05) is 42.5 Å². The predicted octanol–water partition coefficient (Wildman–Crippen LogP) is 2.78. The first kappa shape index (κ1) is 19.4. The number of carbonyl (C=O) groups excluding carboxylic acids is 1. The third-order valence-electron chi connectivity index (χ3n) is 4.89. The molecule has 4 rings (SSSR count). The van der Waals surface area contributed by atoms with E-state index in [9.17, 15) is 18.8 Å². The number of benzene rings is 2. The molecule has 3 N–H and O–H groups in total. The second-order valence-electron chi connectivity index (χ2n) is 6.91. The highest BCUT2D eigenvalue weighted by atomic mass is 19.1. The lowest BCUT2D eigenvalue weighted by Crippen LogP contribution is -2.35. The molecule has 1 aliphatic rings. The van der Waals surface area contributed by atoms with Crippen molar-refractivity contribution in [1.29, 1.82) is 0 Å². The van der Waals surface area contributed by atoms with Crippen molar-refractivity contribution in [3.05, 3.63) is 109 Å². The molecule has 2 heterocycles. The van der Waals surface area contributed by atoms with Crippen molar-refractivity contribution in [2.45, 2.75) is 19.4 Å². The summed E-state index contributed by atoms with van der Waals surface area (Å²) in [7, 11) is 0. The molecule has 0 saturated heterocycles. The number of esters is 1. The Kier molecular flexibility index (Phi) is 5.05. The molecular weight excluding hydrogens is 389 g/mol. The molecule has 0 fully saturated rings. The fourth-order valence-corrected chi connectivity index (χ4v) is 3.58. The average Bonchev–Trinajstić information content (AvgIpc) is 2.71. The molecule has 0 spiro atoms. The predicted molar refractivity (Wildman–Crippen MR) is 108 cm³/mol. The second-order valence-corrected chi connectivity index (χ2v) is 6.91. The zero-order valence-electron chi connectivity index (χ0n) is 16.0. The van der Waals surface area contributed by atoms with Crippen LogP contribution < -0.4 is 16.6 Å². The van der Waals surface area contributed by atoms with Crippen molar-refractivity contribution >= 4 is 11.8 Å². The van der Waals surface area contributed by atoms with E-state index in [0.717, 1.165) is 5.56 Å². The van der Waals surface area contributed by atoms with Crippen LogP contribution in [0.25, 0.3) is 0 Å². The van der Waals surface area contributed by atoms with Gasteiger partial charge in [0, 0.05) is 5.70 Å². The zero-order chi connectivity index (χ0) is 21.3. The summed E-state index contributed by atoms with van der Waals surface area (Å²) in [5.41, 5.74) is 0.512. The maximum Gasteiger partial charge on any atom is 0.337 e. The van der Waals surface area contributed by atoms with Gasteiger partial charge in [-0.3, -0.25) is 14.8 Å². The first-order chi connectivity index (χ1) is 14.4. The third-order valence-corrected chi connectivity index (χ3v) is 4.89. The lowest BCUT2D eigenvalue weighted by atomic mass is 9.82. The number of nitrogens with one attached hydrogen (secondary N) is 3. The second kappa shape index (κ2) is 7.82. The lowest BCUT2D eigenvalue weighted by Gasteiger charge is -2.28. The molecule has 7 nitrogen and oxygen atoms in total. The van der Waals surface area contributed by atoms with Crippen LogP contribution in [0.5, 0.6) is 0 Å². The average molecular weight is 407 g/mol. The SMILES string of the molecule is CC1=C(C(=O)OCc2ccccc2)[C@@H](c2cccc(F)c2)c2c([nH]c(=O)[nH]c2=O)N1. The van der Waals surface area contributed by atoms with Gasteiger partial charge in [-0.25, -0.2) is 14.0 Å². The Bertz CT molecular complexity index is 1260. The molecular formula is C22H18FN3O4. The number of aromatic amines is 2. The monoisotopic (exact) mass is 407 g/mol. The number of carbonyl (C=O) groups is 1. The Morgan fingerprint density at radius 2 is 1.83 bits per heavy atom. The fourth-order valence-electron chi connectivity index (χ4n) is 3.58. The standard InChI is InChI=1S/C22H18FN3O4/c1-12-16(21(28)30-11-13-6-3-2-4-7-13)17(14-8-5-9-15(23)10-14)18-19(24-12)25-22(29)26-20(18)27/h2-10,17H,11H2,1H3,(H3,24,25,26,27,29)/t17-/m1/s1. The highest BCUT2D eigenvalue weighted by Gasteiger charge is 2.36. The Balaban J connectivity index is 1.80. The number of ether oxygens (including phenoxy) is 1. The number of rotatable bonds is 4. The lowest BCUT2D eigenvalue weighted by molar-refractivity contribution is -0.140. The van der Waals surface area contributed by atoms with Gasteiger partial charge in [-0.15, -0.1) is 0 Å². The largest absolute Gasteiger partial charge is 0.457 e. The Morgan fingerprint density at radius 1 is 1.07 bits per heavy atom. The van der Waals surface area contributed by atoms with Crippen LogP contribution in [0.4, 0.5) is 10.2 Å². The highest BCUT2D eigenvalue weighted by Crippen LogP contribution is 2.39. The molecule has 1 atom stereocenters. The molecule has 0 unspecified atom stereocenters. The molecule has 0 radical (unpaired) electrons. The maximum atomic E-state index is 14.0. The minimum Gasteiger partial charge on any atom is -0.457 e. The van der Waals surface area contributed by atoms with Gasteiger partial charge in [0.25, 0.3) is 5.56 Å². The zero-order valence-corrected chi connectivity index (χ0v) is 16.0. The molecule has 30 heavy (non-hydrogen) atoms. The number of allylic oxidation sites excluding steroid dienone is 1. The van der Waals surface area contributed by atoms with Gasteiger partial charge in [-0.05, 0) is 30.2 Å². The van der Waals surface area contributed by atoms with Crippen LogP contribution in [0.15, 0.2) is 75.5 Å². The molecule has 2 aromatic carbocycles. The van der Waals surface area contributed by atoms with Crippen molar-refractivity contribution in [2.75, 3.05) is 5.32 Å². The number of H-pyrrole nitrogens is 2. The van der Waals surface area contributed by atoms with E-state index in [1.54, 1.807) is 13.0 Å². The van der Waals surface area contributed by atoms with Crippen LogP contribution in [0.1, 0.15) is 29.5 Å². The smallest absolute Gasteiger partial charge is 0.337 e. The van der Waals surface area contributed by atoms with E-state index >= 15 is 0 Å². The maximum absolute atomic E-state index is 14.0. The van der Waals surface area contributed by atoms with Gasteiger partial charge in [0.05, 0.1) is 17.1 Å². The molecule has 0 aliphatic carbocycles. The topological polar surface area (TPSA) is 104 Å². The van der Waals surface area contributed by atoms with Gasteiger partial charge in [0.15, 0.2) is 0 Å². The van der Waals surface area contributed by atoms with Crippen LogP contribution in [-0.2, 0) is 16.1 Å². The van der Waals surface area contributed by atoms with Crippen LogP contribution in [0.2, 0.25) is 0 Å². The van der Waals surface area contributed by atoms with Crippen molar-refractivity contribution in [2.24, 2.45) is 0 Å². The van der Waals surface area contributed by atoms with E-state index in [-0.39, 0.29) is 23.6 Å². The van der Waals surface area contributed by atoms with Crippen molar-refractivity contribution < 1.29 is 13.9 Å². The summed E-state index contributed by atoms with van der Waals surface area (Å²) >= 11 is 0. The number of anilines is 1. The summed E-state index contributed by atoms with van der Waals surface area (Å²) in [5.74, 6) is -1.91. The van der Waals surface area contributed by atoms with Crippen LogP contribution in [0.3, 0.4) is 0 Å². The van der Waals surface area contributed by atoms with E-state index in [2.05, 4.69) is 15.3 Å². The summed E-state index contributed by atoms with van der Waals surface area (Å²) in [6, 6.07) is 14.8. The normalized spacial score (nSPS) is 15.3. The van der Waals surface area contributed by atoms with E-state index in [0.29, 0.717) is 11.3 Å². The molecule has 0 amide bonds. The number of fused-ring (bicyclic) bond motifs is 1. The van der Waals surface area contributed by atoms with Crippen molar-refractivity contribution in [3.8, 4) is 0 Å². The Morgan fingerprint density at radius 3 is 2.57 bits per heavy atom. The number of halogens is 1. The summed E-state index contributed by atoms with van der Waals surface area (Å²) in [6.45, 7) is 1.68. The van der Waals surface area contributed by atoms with E-state index in [4.69, 9.17) is 4.74 Å². The number of hydrogen-bond donors (Lipinski definition) is 3. The van der Waals surface area contributed by atoms with E-state index in [1.165, 1.54) is 18.2 Å². The van der Waals surface area contributed by atoms with Gasteiger partial charge < -0.3 is 10.1 Å². The Hall–Kier alpha value is -3.94. The van der Waals surface area contributed by atoms with Crippen LogP contribution in [-0.4, -0.2) is 15.9 Å². The molecule has 0 saturated carbocycles. The molecule has 0 bridgehead atoms. The molecule has 1 aliphatic heterocycles. The van der Waals surface area contributed by atoms with Crippen LogP contribution in [0, 0.1) is 5.82 Å². The minimum atomic E-state index is -0.916. The summed E-state index contributed by atoms with van der Waals surface area (Å²) in [4.78, 5) is 42.1. The van der Waals surface area contributed by atoms with Gasteiger partial charge in [0.1, 0.15) is 18.2 Å². The first-order valence-electron chi connectivity index (χ1n) is 9.25. The van der Waals surface area contributed by atoms with Gasteiger partial charge >= 0.3 is 11.7 Å². The van der Waals surface area contributed by atoms with E-state index < -0.39 is 29.0 Å². The van der Waals surface area contributed by atoms with Gasteiger partial charge in [0.2, 0.25) is 0 Å². The molecule has 1 aromatic heterocycles. The Labute approximate surface area is 170 Å². The fraction of sp³-hybridized carbons (Fsp3) is 0.136. The molecule has 152 valence electrons. The van der Waals surface area contributed by atoms with Gasteiger partial charge in [-0.2, -0.15) is 0 Å². The number of hydrogen-bond acceptors (Lipinski definition) is 5. The minimum absolute atomic E-state index is 0.0428. The first-order valence-corrected chi connectivity index (χ1v) is 9.25. The van der Waals surface area contributed by atoms with Crippen LogP contribution >= 0.6 is 0 Å². The summed E-state index contributed by atoms with van der Waals surface area (Å²) in [5, 5.41) is 2.89. The van der Waals surface area contributed by atoms with Crippen molar-refractivity contribution in [3.63, 3.8) is 0 Å². The quantitative estimate of drug-likeness (QED) is 0.577. The molecule has 8 heteroatoms. The van der Waals surface area contributed by atoms with E-state index in [1.807, 2.05) is 30.3 Å². The highest BCUT2D eigenvalue weighted by molar-refractivity contribution is 5.94. The van der Waals surface area contributed by atoms with Crippen molar-refractivity contribution in [1.82, 2.24) is 9.97 Å².